The van der Waals surface area contributed by atoms with E-state index in [1.807, 2.05) is 20.8 Å². The summed E-state index contributed by atoms with van der Waals surface area (Å²) in [6, 6.07) is 0. The second kappa shape index (κ2) is 5.25. The lowest BCUT2D eigenvalue weighted by Crippen LogP contribution is -2.62. The standard InChI is InChI=1S/C11H23NO3/c1-4-11(14)7-12(8-11)5-10(13)6-15-9(2)3/h9-10,13-14H,4-8H2,1-3H3. The van der Waals surface area contributed by atoms with Crippen LogP contribution in [0.1, 0.15) is 27.2 Å². The number of hydrogen-bond donors (Lipinski definition) is 2. The molecule has 0 aromatic rings. The predicted molar refractivity (Wildman–Crippen MR) is 58.8 cm³/mol. The Balaban J connectivity index is 2.11. The van der Waals surface area contributed by atoms with Gasteiger partial charge in [-0.1, -0.05) is 6.92 Å². The molecule has 4 nitrogen and oxygen atoms in total. The van der Waals surface area contributed by atoms with E-state index in [9.17, 15) is 10.2 Å². The lowest BCUT2D eigenvalue weighted by Gasteiger charge is -2.46. The van der Waals surface area contributed by atoms with Crippen molar-refractivity contribution in [3.8, 4) is 0 Å². The van der Waals surface area contributed by atoms with Gasteiger partial charge in [0.15, 0.2) is 0 Å². The number of rotatable bonds is 6. The first-order valence-corrected chi connectivity index (χ1v) is 5.69. The van der Waals surface area contributed by atoms with Gasteiger partial charge in [-0.3, -0.25) is 4.90 Å². The van der Waals surface area contributed by atoms with E-state index in [1.54, 1.807) is 0 Å². The fourth-order valence-electron chi connectivity index (χ4n) is 1.79. The Labute approximate surface area is 91.8 Å². The molecule has 0 aliphatic carbocycles. The van der Waals surface area contributed by atoms with E-state index in [0.717, 1.165) is 6.42 Å². The van der Waals surface area contributed by atoms with Crippen LogP contribution in [0.25, 0.3) is 0 Å². The molecule has 0 amide bonds. The lowest BCUT2D eigenvalue weighted by molar-refractivity contribution is -0.117. The largest absolute Gasteiger partial charge is 0.389 e. The summed E-state index contributed by atoms with van der Waals surface area (Å²) in [6.07, 6.45) is 0.486. The third-order valence-electron chi connectivity index (χ3n) is 2.78. The summed E-state index contributed by atoms with van der Waals surface area (Å²) >= 11 is 0. The van der Waals surface area contributed by atoms with Gasteiger partial charge in [-0.2, -0.15) is 0 Å². The summed E-state index contributed by atoms with van der Waals surface area (Å²) in [7, 11) is 0. The van der Waals surface area contributed by atoms with Crippen LogP contribution in [0, 0.1) is 0 Å². The Bertz CT molecular complexity index is 190. The first kappa shape index (κ1) is 12.9. The van der Waals surface area contributed by atoms with Gasteiger partial charge >= 0.3 is 0 Å². The SMILES string of the molecule is CCC1(O)CN(CC(O)COC(C)C)C1. The average molecular weight is 217 g/mol. The Morgan fingerprint density at radius 2 is 2.00 bits per heavy atom. The van der Waals surface area contributed by atoms with Crippen LogP contribution in [0.3, 0.4) is 0 Å². The lowest BCUT2D eigenvalue weighted by atomic mass is 9.91. The summed E-state index contributed by atoms with van der Waals surface area (Å²) in [6.45, 7) is 8.19. The highest BCUT2D eigenvalue weighted by Gasteiger charge is 2.39. The quantitative estimate of drug-likeness (QED) is 0.669. The van der Waals surface area contributed by atoms with Crippen LogP contribution in [0.4, 0.5) is 0 Å². The number of hydrogen-bond acceptors (Lipinski definition) is 4. The van der Waals surface area contributed by atoms with Crippen LogP contribution in [0.5, 0.6) is 0 Å². The summed E-state index contributed by atoms with van der Waals surface area (Å²) in [5, 5.41) is 19.4. The van der Waals surface area contributed by atoms with Crippen molar-refractivity contribution in [2.75, 3.05) is 26.2 Å². The molecule has 0 saturated carbocycles. The highest BCUT2D eigenvalue weighted by Crippen LogP contribution is 2.23. The molecule has 0 aromatic carbocycles. The molecule has 1 aliphatic rings. The minimum absolute atomic E-state index is 0.156. The van der Waals surface area contributed by atoms with Crippen molar-refractivity contribution in [1.82, 2.24) is 4.90 Å². The molecule has 15 heavy (non-hydrogen) atoms. The van der Waals surface area contributed by atoms with Gasteiger partial charge in [0, 0.05) is 19.6 Å². The van der Waals surface area contributed by atoms with Crippen molar-refractivity contribution in [3.63, 3.8) is 0 Å². The molecule has 1 aliphatic heterocycles. The average Bonchev–Trinajstić information content (AvgIpc) is 2.12. The van der Waals surface area contributed by atoms with E-state index in [1.165, 1.54) is 0 Å². The first-order chi connectivity index (χ1) is 6.95. The monoisotopic (exact) mass is 217 g/mol. The molecule has 4 heteroatoms. The van der Waals surface area contributed by atoms with E-state index in [4.69, 9.17) is 4.74 Å². The van der Waals surface area contributed by atoms with Gasteiger partial charge in [-0.05, 0) is 20.3 Å². The molecule has 1 heterocycles. The number of nitrogens with zero attached hydrogens (tertiary/aromatic N) is 1. The predicted octanol–water partition coefficient (Wildman–Crippen LogP) is 0.229. The van der Waals surface area contributed by atoms with E-state index in [-0.39, 0.29) is 6.10 Å². The maximum absolute atomic E-state index is 9.77. The smallest absolute Gasteiger partial charge is 0.0900 e. The first-order valence-electron chi connectivity index (χ1n) is 5.69. The molecular formula is C11H23NO3. The normalized spacial score (nSPS) is 22.8. The minimum Gasteiger partial charge on any atom is -0.389 e. The molecule has 1 fully saturated rings. The van der Waals surface area contributed by atoms with Gasteiger partial charge in [0.25, 0.3) is 0 Å². The number of likely N-dealkylation sites (tertiary alicyclic amines) is 1. The molecule has 90 valence electrons. The fourth-order valence-corrected chi connectivity index (χ4v) is 1.79. The van der Waals surface area contributed by atoms with Crippen molar-refractivity contribution >= 4 is 0 Å². The third kappa shape index (κ3) is 4.07. The molecule has 2 N–H and O–H groups in total. The van der Waals surface area contributed by atoms with Crippen molar-refractivity contribution in [3.05, 3.63) is 0 Å². The molecular weight excluding hydrogens is 194 g/mol. The summed E-state index contributed by atoms with van der Waals surface area (Å²) in [4.78, 5) is 2.05. The maximum Gasteiger partial charge on any atom is 0.0900 e. The Morgan fingerprint density at radius 1 is 1.40 bits per heavy atom. The Hall–Kier alpha value is -0.160. The number of aliphatic hydroxyl groups is 2. The maximum atomic E-state index is 9.77. The zero-order chi connectivity index (χ0) is 11.5. The van der Waals surface area contributed by atoms with Gasteiger partial charge < -0.3 is 14.9 Å². The molecule has 0 aromatic heterocycles. The van der Waals surface area contributed by atoms with Gasteiger partial charge in [-0.25, -0.2) is 0 Å². The molecule has 0 radical (unpaired) electrons. The number of aliphatic hydroxyl groups excluding tert-OH is 1. The van der Waals surface area contributed by atoms with Gasteiger partial charge in [0.2, 0.25) is 0 Å². The van der Waals surface area contributed by atoms with Crippen molar-refractivity contribution in [2.24, 2.45) is 0 Å². The Morgan fingerprint density at radius 3 is 2.47 bits per heavy atom. The van der Waals surface area contributed by atoms with Crippen LogP contribution in [0.2, 0.25) is 0 Å². The second-order valence-corrected chi connectivity index (χ2v) is 4.78. The Kier molecular flexibility index (Phi) is 4.52. The van der Waals surface area contributed by atoms with E-state index < -0.39 is 11.7 Å². The molecule has 0 bridgehead atoms. The van der Waals surface area contributed by atoms with Crippen LogP contribution >= 0.6 is 0 Å². The topological polar surface area (TPSA) is 52.9 Å². The molecule has 1 atom stereocenters. The van der Waals surface area contributed by atoms with Crippen molar-refractivity contribution in [2.45, 2.75) is 45.0 Å². The zero-order valence-electron chi connectivity index (χ0n) is 9.94. The third-order valence-corrected chi connectivity index (χ3v) is 2.78. The van der Waals surface area contributed by atoms with Crippen LogP contribution < -0.4 is 0 Å². The van der Waals surface area contributed by atoms with Crippen molar-refractivity contribution in [1.29, 1.82) is 0 Å². The summed E-state index contributed by atoms with van der Waals surface area (Å²) < 4.78 is 5.31. The van der Waals surface area contributed by atoms with E-state index in [0.29, 0.717) is 26.2 Å². The minimum atomic E-state index is -0.515. The molecule has 0 spiro atoms. The van der Waals surface area contributed by atoms with Crippen LogP contribution in [-0.2, 0) is 4.74 Å². The molecule has 1 saturated heterocycles. The summed E-state index contributed by atoms with van der Waals surface area (Å²) in [5.74, 6) is 0. The zero-order valence-corrected chi connectivity index (χ0v) is 9.94. The molecule has 1 rings (SSSR count). The summed E-state index contributed by atoms with van der Waals surface area (Å²) in [5.41, 5.74) is -0.515. The van der Waals surface area contributed by atoms with Crippen molar-refractivity contribution < 1.29 is 14.9 Å². The number of ether oxygens (including phenoxy) is 1. The van der Waals surface area contributed by atoms with Crippen LogP contribution in [-0.4, -0.2) is 59.2 Å². The fraction of sp³-hybridized carbons (Fsp3) is 1.00. The molecule has 1 unspecified atom stereocenters. The van der Waals surface area contributed by atoms with Gasteiger partial charge in [-0.15, -0.1) is 0 Å². The van der Waals surface area contributed by atoms with Gasteiger partial charge in [0.1, 0.15) is 0 Å². The van der Waals surface area contributed by atoms with Crippen LogP contribution in [0.15, 0.2) is 0 Å². The highest BCUT2D eigenvalue weighted by atomic mass is 16.5. The van der Waals surface area contributed by atoms with E-state index in [2.05, 4.69) is 4.90 Å². The second-order valence-electron chi connectivity index (χ2n) is 4.78. The number of β-amino-alcohol motifs (C(OH)–C–C–N with tert-alkyl or cyclic N) is 2. The highest BCUT2D eigenvalue weighted by molar-refractivity contribution is 4.94. The van der Waals surface area contributed by atoms with Gasteiger partial charge in [0.05, 0.1) is 24.4 Å². The van der Waals surface area contributed by atoms with E-state index >= 15 is 0 Å².